The number of Topliss-reactive ketones (excluding diaryl/α,β-unsaturated/α-hetero) is 1. The highest BCUT2D eigenvalue weighted by Gasteiger charge is 2.33. The van der Waals surface area contributed by atoms with Crippen molar-refractivity contribution in [3.63, 3.8) is 0 Å². The number of phenolic OH excluding ortho intramolecular Hbond substituents is 2. The first-order valence-corrected chi connectivity index (χ1v) is 27.7. The van der Waals surface area contributed by atoms with Gasteiger partial charge in [0.15, 0.2) is 5.78 Å². The number of hydrogen-bond donors (Lipinski definition) is 8. The lowest BCUT2D eigenvalue weighted by molar-refractivity contribution is -0.120. The van der Waals surface area contributed by atoms with Crippen LogP contribution in [0.4, 0.5) is 24.1 Å². The molecular weight excluding hydrogens is 1030 g/mol. The Morgan fingerprint density at radius 3 is 1.57 bits per heavy atom. The number of nitrogens with two attached hydrogens (primary N) is 2. The number of aromatic hydroxyl groups is 2. The molecule has 10 N–H and O–H groups in total. The van der Waals surface area contributed by atoms with E-state index in [0.717, 1.165) is 17.2 Å². The predicted molar refractivity (Wildman–Crippen MR) is 306 cm³/mol. The van der Waals surface area contributed by atoms with E-state index in [1.807, 2.05) is 81.4 Å². The number of anilines is 1. The molecule has 3 aliphatic rings. The molecule has 0 radical (unpaired) electrons. The Morgan fingerprint density at radius 1 is 0.662 bits per heavy atom. The number of alkyl halides is 2. The van der Waals surface area contributed by atoms with Crippen molar-refractivity contribution < 1.29 is 67.4 Å². The van der Waals surface area contributed by atoms with Crippen molar-refractivity contribution in [1.29, 1.82) is 0 Å². The maximum atomic E-state index is 13.5. The number of aliphatic hydroxyl groups is 2. The third-order valence-corrected chi connectivity index (χ3v) is 15.1. The zero-order valence-corrected chi connectivity index (χ0v) is 48.7. The molecule has 4 rings (SSSR count). The number of carbonyl (C=O) groups is 6. The molecule has 12 atom stereocenters. The van der Waals surface area contributed by atoms with Gasteiger partial charge in [0.05, 0.1) is 36.9 Å². The van der Waals surface area contributed by atoms with Crippen LogP contribution in [0.25, 0.3) is 0 Å². The summed E-state index contributed by atoms with van der Waals surface area (Å²) in [5.41, 5.74) is 14.2. The third kappa shape index (κ3) is 19.9. The molecule has 4 amide bonds. The maximum absolute atomic E-state index is 13.5. The van der Waals surface area contributed by atoms with Gasteiger partial charge in [0.25, 0.3) is 11.8 Å². The van der Waals surface area contributed by atoms with Crippen LogP contribution in [0.15, 0.2) is 99.9 Å². The van der Waals surface area contributed by atoms with E-state index in [0.29, 0.717) is 36.0 Å². The topological polar surface area (TPSA) is 278 Å². The van der Waals surface area contributed by atoms with Crippen molar-refractivity contribution in [1.82, 2.24) is 5.32 Å². The molecule has 1 aromatic rings. The summed E-state index contributed by atoms with van der Waals surface area (Å²) in [6.07, 6.45) is 12.7. The van der Waals surface area contributed by atoms with Gasteiger partial charge in [-0.2, -0.15) is 0 Å². The SMILES string of the molecule is C/C1=C\C=C/[C@H](C)[C@@H](OC(N)=O)/C(C)=C/[C@H](C)[C@@H](O)[C@@H](C)C[C@H](C)CC2=C(CCCF)C(=O)C=C(NC1=O)C2=O.C/C1=C\C=C/[C@H](C)[C@@H](OC(N)=O)/C(C)=C/[C@H](C)[C@@H](O)[C@@H](C)C[C@H](C)Cc2c(O)c(cc(O)c2CCCF)NC1=O. The summed E-state index contributed by atoms with van der Waals surface area (Å²) in [6, 6.07) is 1.29. The smallest absolute Gasteiger partial charge is 0.405 e. The number of ether oxygens (including phenoxy) is 2. The van der Waals surface area contributed by atoms with Gasteiger partial charge in [0.1, 0.15) is 23.7 Å². The van der Waals surface area contributed by atoms with Crippen LogP contribution in [0.1, 0.15) is 133 Å². The summed E-state index contributed by atoms with van der Waals surface area (Å²) in [5, 5.41) is 49.4. The van der Waals surface area contributed by atoms with Crippen molar-refractivity contribution in [2.75, 3.05) is 18.7 Å². The van der Waals surface area contributed by atoms with Crippen LogP contribution in [-0.2, 0) is 41.5 Å². The summed E-state index contributed by atoms with van der Waals surface area (Å²) in [7, 11) is 0. The summed E-state index contributed by atoms with van der Waals surface area (Å²) in [6.45, 7) is 20.9. The van der Waals surface area contributed by atoms with Gasteiger partial charge in [-0.15, -0.1) is 0 Å². The van der Waals surface area contributed by atoms with Gasteiger partial charge >= 0.3 is 12.2 Å². The average Bonchev–Trinajstić information content (AvgIpc) is 3.38. The molecule has 0 unspecified atom stereocenters. The number of aliphatic hydroxyl groups excluding tert-OH is 2. The fourth-order valence-corrected chi connectivity index (χ4v) is 10.8. The molecule has 16 nitrogen and oxygen atoms in total. The lowest BCUT2D eigenvalue weighted by atomic mass is 9.80. The van der Waals surface area contributed by atoms with Gasteiger partial charge in [0.2, 0.25) is 5.78 Å². The molecule has 0 aromatic heterocycles. The number of halogens is 2. The van der Waals surface area contributed by atoms with E-state index >= 15 is 0 Å². The van der Waals surface area contributed by atoms with Crippen LogP contribution >= 0.6 is 0 Å². The summed E-state index contributed by atoms with van der Waals surface area (Å²) in [5.74, 6) is -3.73. The van der Waals surface area contributed by atoms with Crippen molar-refractivity contribution in [3.05, 3.63) is 111 Å². The Kier molecular flexibility index (Phi) is 27.0. The molecule has 2 aliphatic heterocycles. The van der Waals surface area contributed by atoms with E-state index in [1.54, 1.807) is 50.3 Å². The second kappa shape index (κ2) is 32.0. The number of carbonyl (C=O) groups excluding carboxylic acids is 6. The Labute approximate surface area is 471 Å². The number of fused-ring (bicyclic) bond motifs is 4. The first-order chi connectivity index (χ1) is 37.5. The number of allylic oxidation sites excluding steroid dienone is 7. The minimum atomic E-state index is -0.920. The van der Waals surface area contributed by atoms with Crippen LogP contribution < -0.4 is 22.1 Å². The van der Waals surface area contributed by atoms with Gasteiger partial charge in [-0.3, -0.25) is 28.0 Å². The van der Waals surface area contributed by atoms with E-state index in [-0.39, 0.29) is 119 Å². The van der Waals surface area contributed by atoms with Crippen molar-refractivity contribution in [2.45, 2.75) is 159 Å². The molecule has 1 aromatic carbocycles. The van der Waals surface area contributed by atoms with Crippen molar-refractivity contribution in [2.24, 2.45) is 58.8 Å². The molecule has 18 heteroatoms. The van der Waals surface area contributed by atoms with Gasteiger partial charge in [0, 0.05) is 69.2 Å². The van der Waals surface area contributed by atoms with Gasteiger partial charge in [-0.25, -0.2) is 9.59 Å². The molecule has 0 spiro atoms. The Bertz CT molecular complexity index is 2650. The van der Waals surface area contributed by atoms with E-state index in [9.17, 15) is 58.0 Å². The second-order valence-electron chi connectivity index (χ2n) is 22.4. The van der Waals surface area contributed by atoms with E-state index in [1.165, 1.54) is 6.07 Å². The number of benzene rings is 1. The zero-order valence-electron chi connectivity index (χ0n) is 48.7. The Balaban J connectivity index is 0.000000420. The van der Waals surface area contributed by atoms with Crippen LogP contribution in [0.3, 0.4) is 0 Å². The van der Waals surface area contributed by atoms with Gasteiger partial charge in [-0.1, -0.05) is 104 Å². The molecule has 0 saturated carbocycles. The number of amides is 4. The highest BCUT2D eigenvalue weighted by Crippen LogP contribution is 2.40. The normalized spacial score (nSPS) is 31.6. The molecular formula is C62H88F2N4O12. The quantitative estimate of drug-likeness (QED) is 0.0522. The third-order valence-electron chi connectivity index (χ3n) is 15.1. The molecule has 0 saturated heterocycles. The van der Waals surface area contributed by atoms with E-state index in [4.69, 9.17) is 20.9 Å². The summed E-state index contributed by atoms with van der Waals surface area (Å²) >= 11 is 0. The van der Waals surface area contributed by atoms with Crippen LogP contribution in [0.2, 0.25) is 0 Å². The molecule has 80 heavy (non-hydrogen) atoms. The first kappa shape index (κ1) is 67.6. The molecule has 1 aliphatic carbocycles. The number of ketones is 2. The first-order valence-electron chi connectivity index (χ1n) is 27.7. The number of rotatable bonds is 8. The Hall–Kier alpha value is -6.66. The van der Waals surface area contributed by atoms with Crippen LogP contribution in [-0.4, -0.2) is 93.8 Å². The lowest BCUT2D eigenvalue weighted by Crippen LogP contribution is -2.33. The number of hydrogen-bond acceptors (Lipinski definition) is 12. The van der Waals surface area contributed by atoms with Crippen molar-refractivity contribution in [3.8, 4) is 11.5 Å². The van der Waals surface area contributed by atoms with E-state index in [2.05, 4.69) is 10.6 Å². The second-order valence-corrected chi connectivity index (χ2v) is 22.4. The van der Waals surface area contributed by atoms with Crippen LogP contribution in [0, 0.1) is 47.3 Å². The average molecular weight is 1120 g/mol. The zero-order chi connectivity index (χ0) is 60.3. The number of phenols is 2. The van der Waals surface area contributed by atoms with Gasteiger partial charge < -0.3 is 52.0 Å². The van der Waals surface area contributed by atoms with Crippen LogP contribution in [0.5, 0.6) is 11.5 Å². The standard InChI is InChI=1S/C31H45FN2O6.C31H43FN2O6/c2*1-17-13-20(4)27(36)21(5)15-22(6)29(40-31(33)39)18(2)9-7-10-19(3)30(38)34-25-16-26(35)23(11-8-12-32)24(14-17)28(25)37/h7,9-10,15-18,20-21,27,29,35-37H,8,11-14H2,1-6H3,(H2,33,39)(H,34,38);7,9-10,15-18,20-21,27,29,36H,8,11-14H2,1-6H3,(H2,33,39)(H,34,38)/b2*9-7-,19-10+,22-15+/t2*17-,18-,20-,21-,27-,29+/m00/s1. The highest BCUT2D eigenvalue weighted by molar-refractivity contribution is 6.23. The molecule has 4 bridgehead atoms. The molecule has 442 valence electrons. The largest absolute Gasteiger partial charge is 0.508 e. The fraction of sp³-hybridized carbons (Fsp3) is 0.548. The predicted octanol–water partition coefficient (Wildman–Crippen LogP) is 10.5. The fourth-order valence-electron chi connectivity index (χ4n) is 10.8. The summed E-state index contributed by atoms with van der Waals surface area (Å²) < 4.78 is 36.8. The Morgan fingerprint density at radius 2 is 1.11 bits per heavy atom. The highest BCUT2D eigenvalue weighted by atomic mass is 19.1. The summed E-state index contributed by atoms with van der Waals surface area (Å²) in [4.78, 5) is 75.5. The lowest BCUT2D eigenvalue weighted by Gasteiger charge is -2.28. The molecule has 2 heterocycles. The minimum Gasteiger partial charge on any atom is -0.508 e. The maximum Gasteiger partial charge on any atom is 0.405 e. The van der Waals surface area contributed by atoms with Crippen molar-refractivity contribution >= 4 is 41.3 Å². The monoisotopic (exact) mass is 1120 g/mol. The van der Waals surface area contributed by atoms with Gasteiger partial charge in [-0.05, 0) is 114 Å². The van der Waals surface area contributed by atoms with E-state index < -0.39 is 73.3 Å². The number of nitrogens with one attached hydrogen (secondary N) is 2. The molecule has 0 fully saturated rings. The number of primary amides is 2. The minimum absolute atomic E-state index is 0.0267.